The summed E-state index contributed by atoms with van der Waals surface area (Å²) in [4.78, 5) is 27.6. The number of nitrogens with zero attached hydrogens (tertiary/aromatic N) is 1. The highest BCUT2D eigenvalue weighted by Crippen LogP contribution is 2.51. The van der Waals surface area contributed by atoms with Crippen molar-refractivity contribution in [3.8, 4) is 5.75 Å². The lowest BCUT2D eigenvalue weighted by Gasteiger charge is -2.31. The molecule has 0 spiro atoms. The number of aliphatic hydroxyl groups excluding tert-OH is 1. The number of fused-ring (bicyclic) bond motifs is 4. The SMILES string of the molecule is C/C(=C\c1ccc(O)c2ccccc12)CC[C@H]1OC[C@H]2C1=C(CO)C[C@H]1C(=O)N(c3cc(C(F)(F)F)cc(C(F)(F)F)c3)C(=O)[C@H]12. The van der Waals surface area contributed by atoms with Gasteiger partial charge in [0.05, 0.1) is 48.0 Å². The van der Waals surface area contributed by atoms with Crippen LogP contribution >= 0.6 is 0 Å². The van der Waals surface area contributed by atoms with Crippen molar-refractivity contribution in [1.82, 2.24) is 0 Å². The number of hydrogen-bond acceptors (Lipinski definition) is 5. The summed E-state index contributed by atoms with van der Waals surface area (Å²) < 4.78 is 87.3. The minimum atomic E-state index is -5.15. The maximum atomic E-state index is 13.7. The molecular weight excluding hydrogens is 616 g/mol. The van der Waals surface area contributed by atoms with Gasteiger partial charge in [0.25, 0.3) is 0 Å². The summed E-state index contributed by atoms with van der Waals surface area (Å²) in [6.07, 6.45) is -7.84. The molecule has 2 fully saturated rings. The van der Waals surface area contributed by atoms with E-state index < -0.39 is 71.4 Å². The molecule has 2 N–H and O–H groups in total. The summed E-state index contributed by atoms with van der Waals surface area (Å²) in [5, 5.41) is 22.0. The number of alkyl halides is 6. The largest absolute Gasteiger partial charge is 0.507 e. The van der Waals surface area contributed by atoms with Crippen LogP contribution in [-0.2, 0) is 26.7 Å². The molecule has 3 aliphatic rings. The number of hydrogen-bond donors (Lipinski definition) is 2. The van der Waals surface area contributed by atoms with Gasteiger partial charge in [0.2, 0.25) is 11.8 Å². The predicted molar refractivity (Wildman–Crippen MR) is 156 cm³/mol. The van der Waals surface area contributed by atoms with Gasteiger partial charge >= 0.3 is 12.4 Å². The summed E-state index contributed by atoms with van der Waals surface area (Å²) in [7, 11) is 0. The number of benzene rings is 3. The van der Waals surface area contributed by atoms with Crippen LogP contribution in [0.5, 0.6) is 5.75 Å². The molecule has 0 aromatic heterocycles. The van der Waals surface area contributed by atoms with Gasteiger partial charge in [-0.3, -0.25) is 9.59 Å². The van der Waals surface area contributed by atoms with E-state index in [1.807, 2.05) is 43.3 Å². The topological polar surface area (TPSA) is 87.1 Å². The Kier molecular flexibility index (Phi) is 8.00. The standard InChI is InChI=1S/C34H29F6NO5/c1-17(10-18-7-8-27(43)24-5-3-2-4-23(18)24)6-9-28-29-19(15-42)11-25-30(26(29)16-46-28)32(45)41(31(25)44)22-13-20(33(35,36)37)12-21(14-22)34(38,39)40/h2-5,7-8,10,12-14,25-26,28,30,42-43H,6,9,11,15-16H2,1H3/b17-10+/t25-,26+,28-,30-/m1/s1. The van der Waals surface area contributed by atoms with Crippen LogP contribution in [0.3, 0.4) is 0 Å². The van der Waals surface area contributed by atoms with E-state index in [9.17, 15) is 46.1 Å². The van der Waals surface area contributed by atoms with Gasteiger partial charge in [0.15, 0.2) is 0 Å². The average molecular weight is 646 g/mol. The number of imide groups is 1. The molecule has 1 aliphatic carbocycles. The quantitative estimate of drug-likeness (QED) is 0.167. The van der Waals surface area contributed by atoms with E-state index in [4.69, 9.17) is 4.74 Å². The van der Waals surface area contributed by atoms with Gasteiger partial charge in [-0.05, 0) is 72.5 Å². The second kappa shape index (κ2) is 11.6. The summed E-state index contributed by atoms with van der Waals surface area (Å²) >= 11 is 0. The lowest BCUT2D eigenvalue weighted by atomic mass is 9.69. The number of rotatable bonds is 6. The van der Waals surface area contributed by atoms with Crippen molar-refractivity contribution in [1.29, 1.82) is 0 Å². The number of ether oxygens (including phenoxy) is 1. The molecule has 0 bridgehead atoms. The Morgan fingerprint density at radius 1 is 0.935 bits per heavy atom. The van der Waals surface area contributed by atoms with E-state index in [0.29, 0.717) is 46.4 Å². The van der Waals surface area contributed by atoms with Crippen LogP contribution in [0.1, 0.15) is 42.9 Å². The van der Waals surface area contributed by atoms with Gasteiger partial charge in [-0.25, -0.2) is 4.90 Å². The zero-order valence-corrected chi connectivity index (χ0v) is 24.5. The van der Waals surface area contributed by atoms with Crippen molar-refractivity contribution in [2.45, 2.75) is 44.6 Å². The van der Waals surface area contributed by atoms with Crippen LogP contribution in [0.25, 0.3) is 16.8 Å². The van der Waals surface area contributed by atoms with Gasteiger partial charge in [-0.1, -0.05) is 42.0 Å². The normalized spacial score (nSPS) is 23.8. The van der Waals surface area contributed by atoms with Crippen LogP contribution in [-0.4, -0.2) is 41.3 Å². The number of phenolic OH excluding ortho intramolecular Hbond substituents is 1. The van der Waals surface area contributed by atoms with Gasteiger partial charge in [0.1, 0.15) is 5.75 Å². The molecule has 12 heteroatoms. The molecule has 46 heavy (non-hydrogen) atoms. The first-order valence-electron chi connectivity index (χ1n) is 14.7. The van der Waals surface area contributed by atoms with Crippen molar-refractivity contribution in [2.75, 3.05) is 18.1 Å². The molecule has 0 radical (unpaired) electrons. The second-order valence-electron chi connectivity index (χ2n) is 12.0. The number of carbonyl (C=O) groups is 2. The minimum Gasteiger partial charge on any atom is -0.507 e. The molecule has 3 aromatic rings. The third kappa shape index (κ3) is 5.57. The molecule has 242 valence electrons. The van der Waals surface area contributed by atoms with E-state index in [0.717, 1.165) is 16.5 Å². The van der Waals surface area contributed by atoms with Crippen molar-refractivity contribution < 1.29 is 50.9 Å². The minimum absolute atomic E-state index is 0.0132. The Labute approximate surface area is 259 Å². The third-order valence-electron chi connectivity index (χ3n) is 9.17. The first-order chi connectivity index (χ1) is 21.7. The summed E-state index contributed by atoms with van der Waals surface area (Å²) in [6.45, 7) is 1.51. The third-order valence-corrected chi connectivity index (χ3v) is 9.17. The lowest BCUT2D eigenvalue weighted by Crippen LogP contribution is -2.35. The number of aromatic hydroxyl groups is 1. The number of allylic oxidation sites excluding steroid dienone is 1. The van der Waals surface area contributed by atoms with E-state index in [2.05, 4.69) is 0 Å². The Morgan fingerprint density at radius 2 is 1.59 bits per heavy atom. The molecule has 3 aromatic carbocycles. The molecular formula is C34H29F6NO5. The molecule has 0 saturated carbocycles. The molecule has 6 nitrogen and oxygen atoms in total. The fourth-order valence-corrected chi connectivity index (χ4v) is 7.07. The van der Waals surface area contributed by atoms with Gasteiger partial charge < -0.3 is 14.9 Å². The molecule has 2 aliphatic heterocycles. The average Bonchev–Trinajstić information content (AvgIpc) is 3.54. The van der Waals surface area contributed by atoms with Crippen molar-refractivity contribution >= 4 is 34.4 Å². The predicted octanol–water partition coefficient (Wildman–Crippen LogP) is 7.28. The molecule has 2 heterocycles. The Hall–Kier alpha value is -4.16. The van der Waals surface area contributed by atoms with E-state index in [-0.39, 0.29) is 24.8 Å². The van der Waals surface area contributed by atoms with Crippen LogP contribution in [0.4, 0.5) is 32.0 Å². The Morgan fingerprint density at radius 3 is 2.22 bits per heavy atom. The van der Waals surface area contributed by atoms with Crippen LogP contribution in [0.15, 0.2) is 71.3 Å². The van der Waals surface area contributed by atoms with Crippen molar-refractivity contribution in [3.63, 3.8) is 0 Å². The van der Waals surface area contributed by atoms with E-state index >= 15 is 0 Å². The number of halogens is 6. The number of amides is 2. The fraction of sp³-hybridized carbons (Fsp3) is 0.353. The summed E-state index contributed by atoms with van der Waals surface area (Å²) in [5.74, 6) is -4.39. The van der Waals surface area contributed by atoms with E-state index in [1.54, 1.807) is 6.07 Å². The maximum Gasteiger partial charge on any atom is 0.416 e. The zero-order chi connectivity index (χ0) is 33.1. The molecule has 4 atom stereocenters. The zero-order valence-electron chi connectivity index (χ0n) is 24.5. The summed E-state index contributed by atoms with van der Waals surface area (Å²) in [6, 6.07) is 11.6. The second-order valence-corrected chi connectivity index (χ2v) is 12.0. The van der Waals surface area contributed by atoms with Crippen LogP contribution < -0.4 is 4.90 Å². The fourth-order valence-electron chi connectivity index (χ4n) is 7.07. The number of aliphatic hydroxyl groups is 1. The maximum absolute atomic E-state index is 13.7. The highest BCUT2D eigenvalue weighted by molar-refractivity contribution is 6.22. The first-order valence-corrected chi connectivity index (χ1v) is 14.7. The van der Waals surface area contributed by atoms with Crippen molar-refractivity contribution in [3.05, 3.63) is 88.0 Å². The van der Waals surface area contributed by atoms with Gasteiger partial charge in [-0.15, -0.1) is 0 Å². The number of phenols is 1. The molecule has 2 amide bonds. The van der Waals surface area contributed by atoms with Gasteiger partial charge in [-0.2, -0.15) is 26.3 Å². The Balaban J connectivity index is 1.26. The lowest BCUT2D eigenvalue weighted by molar-refractivity contribution is -0.143. The molecule has 2 saturated heterocycles. The molecule has 0 unspecified atom stereocenters. The highest BCUT2D eigenvalue weighted by Gasteiger charge is 2.57. The highest BCUT2D eigenvalue weighted by atomic mass is 19.4. The van der Waals surface area contributed by atoms with Gasteiger partial charge in [0, 0.05) is 11.3 Å². The summed E-state index contributed by atoms with van der Waals surface area (Å²) in [5.41, 5.74) is -1.00. The van der Waals surface area contributed by atoms with E-state index in [1.165, 1.54) is 0 Å². The monoisotopic (exact) mass is 645 g/mol. The number of anilines is 1. The Bertz CT molecular complexity index is 1760. The number of carbonyl (C=O) groups excluding carboxylic acids is 2. The van der Waals surface area contributed by atoms with Crippen LogP contribution in [0, 0.1) is 17.8 Å². The molecule has 6 rings (SSSR count). The smallest absolute Gasteiger partial charge is 0.416 e. The van der Waals surface area contributed by atoms with Crippen LogP contribution in [0.2, 0.25) is 0 Å². The first kappa shape index (κ1) is 31.8. The van der Waals surface area contributed by atoms with Crippen molar-refractivity contribution in [2.24, 2.45) is 17.8 Å².